The highest BCUT2D eigenvalue weighted by Crippen LogP contribution is 2.27. The minimum absolute atomic E-state index is 0.0671. The van der Waals surface area contributed by atoms with Gasteiger partial charge in [0.25, 0.3) is 0 Å². The van der Waals surface area contributed by atoms with E-state index < -0.39 is 9.84 Å². The summed E-state index contributed by atoms with van der Waals surface area (Å²) in [5.41, 5.74) is 0.136. The maximum Gasteiger partial charge on any atom is 0.224 e. The van der Waals surface area contributed by atoms with Crippen molar-refractivity contribution in [2.75, 3.05) is 24.7 Å². The van der Waals surface area contributed by atoms with Gasteiger partial charge < -0.3 is 15.7 Å². The van der Waals surface area contributed by atoms with Crippen LogP contribution in [0.25, 0.3) is 0 Å². The van der Waals surface area contributed by atoms with E-state index in [-0.39, 0.29) is 22.2 Å². The predicted molar refractivity (Wildman–Crippen MR) is 80.1 cm³/mol. The fourth-order valence-electron chi connectivity index (χ4n) is 2.40. The molecule has 1 aromatic rings. The number of sulfone groups is 1. The van der Waals surface area contributed by atoms with Gasteiger partial charge in [-0.3, -0.25) is 4.79 Å². The highest BCUT2D eigenvalue weighted by Gasteiger charge is 2.18. The van der Waals surface area contributed by atoms with Gasteiger partial charge in [-0.1, -0.05) is 0 Å². The van der Waals surface area contributed by atoms with Gasteiger partial charge in [0, 0.05) is 12.7 Å². The van der Waals surface area contributed by atoms with Crippen molar-refractivity contribution in [3.05, 3.63) is 18.2 Å². The Kier molecular flexibility index (Phi) is 4.84. The Labute approximate surface area is 124 Å². The van der Waals surface area contributed by atoms with E-state index in [1.54, 1.807) is 0 Å². The first kappa shape index (κ1) is 15.8. The lowest BCUT2D eigenvalue weighted by molar-refractivity contribution is -0.117. The van der Waals surface area contributed by atoms with Crippen LogP contribution in [0, 0.1) is 5.92 Å². The van der Waals surface area contributed by atoms with Crippen LogP contribution in [0.3, 0.4) is 0 Å². The molecule has 0 unspecified atom stereocenters. The fraction of sp³-hybridized carbons (Fsp3) is 0.500. The highest BCUT2D eigenvalue weighted by atomic mass is 32.2. The molecule has 1 amide bonds. The van der Waals surface area contributed by atoms with Crippen molar-refractivity contribution >= 4 is 21.4 Å². The Bertz CT molecular complexity index is 622. The van der Waals surface area contributed by atoms with E-state index in [0.29, 0.717) is 12.3 Å². The summed E-state index contributed by atoms with van der Waals surface area (Å²) in [5, 5.41) is 15.6. The van der Waals surface area contributed by atoms with Crippen molar-refractivity contribution in [2.45, 2.75) is 24.2 Å². The molecule has 21 heavy (non-hydrogen) atoms. The SMILES string of the molecule is CS(=O)(=O)c1ccc(O)c(NC(=O)CC2CCNCC2)c1. The Balaban J connectivity index is 2.06. The average Bonchev–Trinajstić information content (AvgIpc) is 2.41. The lowest BCUT2D eigenvalue weighted by Gasteiger charge is -2.22. The maximum atomic E-state index is 12.0. The van der Waals surface area contributed by atoms with Gasteiger partial charge >= 0.3 is 0 Å². The molecule has 0 aromatic heterocycles. The number of benzene rings is 1. The third-order valence-electron chi connectivity index (χ3n) is 3.60. The Hall–Kier alpha value is -1.60. The maximum absolute atomic E-state index is 12.0. The minimum atomic E-state index is -3.38. The summed E-state index contributed by atoms with van der Waals surface area (Å²) in [7, 11) is -3.38. The number of carbonyl (C=O) groups excluding carboxylic acids is 1. The first-order chi connectivity index (χ1) is 9.86. The molecule has 1 heterocycles. The third-order valence-corrected chi connectivity index (χ3v) is 4.71. The summed E-state index contributed by atoms with van der Waals surface area (Å²) in [6.07, 6.45) is 3.36. The summed E-state index contributed by atoms with van der Waals surface area (Å²) in [6, 6.07) is 3.87. The number of carbonyl (C=O) groups is 1. The Morgan fingerprint density at radius 3 is 2.67 bits per heavy atom. The van der Waals surface area contributed by atoms with Crippen LogP contribution in [0.1, 0.15) is 19.3 Å². The van der Waals surface area contributed by atoms with Crippen LogP contribution >= 0.6 is 0 Å². The van der Waals surface area contributed by atoms with Crippen molar-refractivity contribution < 1.29 is 18.3 Å². The molecule has 0 spiro atoms. The van der Waals surface area contributed by atoms with E-state index in [0.717, 1.165) is 32.2 Å². The van der Waals surface area contributed by atoms with Crippen LogP contribution in [0.4, 0.5) is 5.69 Å². The first-order valence-corrected chi connectivity index (χ1v) is 8.79. The monoisotopic (exact) mass is 312 g/mol. The zero-order valence-corrected chi connectivity index (χ0v) is 12.7. The number of nitrogens with one attached hydrogen (secondary N) is 2. The molecule has 0 saturated carbocycles. The summed E-state index contributed by atoms with van der Waals surface area (Å²) in [6.45, 7) is 1.82. The largest absolute Gasteiger partial charge is 0.506 e. The molecular weight excluding hydrogens is 292 g/mol. The number of piperidine rings is 1. The summed E-state index contributed by atoms with van der Waals surface area (Å²) in [5.74, 6) is -0.0182. The number of phenolic OH excluding ortho intramolecular Hbond substituents is 1. The quantitative estimate of drug-likeness (QED) is 0.724. The molecule has 3 N–H and O–H groups in total. The van der Waals surface area contributed by atoms with Crippen LogP contribution < -0.4 is 10.6 Å². The van der Waals surface area contributed by atoms with E-state index >= 15 is 0 Å². The second-order valence-electron chi connectivity index (χ2n) is 5.40. The smallest absolute Gasteiger partial charge is 0.224 e. The number of aromatic hydroxyl groups is 1. The molecular formula is C14H20N2O4S. The zero-order valence-electron chi connectivity index (χ0n) is 11.9. The van der Waals surface area contributed by atoms with Gasteiger partial charge in [-0.2, -0.15) is 0 Å². The summed E-state index contributed by atoms with van der Waals surface area (Å²) < 4.78 is 23.0. The number of hydrogen-bond acceptors (Lipinski definition) is 5. The van der Waals surface area contributed by atoms with Crippen LogP contribution in [0.15, 0.2) is 23.1 Å². The van der Waals surface area contributed by atoms with Gasteiger partial charge in [0.1, 0.15) is 5.75 Å². The number of amides is 1. The summed E-state index contributed by atoms with van der Waals surface area (Å²) in [4.78, 5) is 12.1. The van der Waals surface area contributed by atoms with Crippen LogP contribution in [0.2, 0.25) is 0 Å². The topological polar surface area (TPSA) is 95.5 Å². The molecule has 7 heteroatoms. The van der Waals surface area contributed by atoms with E-state index in [9.17, 15) is 18.3 Å². The summed E-state index contributed by atoms with van der Waals surface area (Å²) >= 11 is 0. The number of anilines is 1. The molecule has 1 aliphatic heterocycles. The molecule has 0 atom stereocenters. The van der Waals surface area contributed by atoms with Gasteiger partial charge in [-0.05, 0) is 50.0 Å². The standard InChI is InChI=1S/C14H20N2O4S/c1-21(19,20)11-2-3-13(17)12(9-11)16-14(18)8-10-4-6-15-7-5-10/h2-3,9-10,15,17H,4-8H2,1H3,(H,16,18). The molecule has 1 aromatic carbocycles. The number of phenols is 1. The van der Waals surface area contributed by atoms with Gasteiger partial charge in [-0.25, -0.2) is 8.42 Å². The lowest BCUT2D eigenvalue weighted by Crippen LogP contribution is -2.30. The van der Waals surface area contributed by atoms with Crippen LogP contribution in [0.5, 0.6) is 5.75 Å². The predicted octanol–water partition coefficient (Wildman–Crippen LogP) is 1.12. The van der Waals surface area contributed by atoms with E-state index in [2.05, 4.69) is 10.6 Å². The molecule has 1 saturated heterocycles. The molecule has 6 nitrogen and oxygen atoms in total. The molecule has 1 aliphatic rings. The Morgan fingerprint density at radius 1 is 1.38 bits per heavy atom. The second kappa shape index (κ2) is 6.44. The van der Waals surface area contributed by atoms with Gasteiger partial charge in [0.15, 0.2) is 9.84 Å². The second-order valence-corrected chi connectivity index (χ2v) is 7.41. The molecule has 0 aliphatic carbocycles. The first-order valence-electron chi connectivity index (χ1n) is 6.90. The normalized spacial score (nSPS) is 16.6. The molecule has 2 rings (SSSR count). The molecule has 116 valence electrons. The van der Waals surface area contributed by atoms with E-state index in [1.807, 2.05) is 0 Å². The van der Waals surface area contributed by atoms with Crippen molar-refractivity contribution in [3.8, 4) is 5.75 Å². The van der Waals surface area contributed by atoms with Crippen LogP contribution in [-0.2, 0) is 14.6 Å². The molecule has 1 fully saturated rings. The lowest BCUT2D eigenvalue weighted by atomic mass is 9.94. The average molecular weight is 312 g/mol. The Morgan fingerprint density at radius 2 is 2.05 bits per heavy atom. The molecule has 0 radical (unpaired) electrons. The molecule has 0 bridgehead atoms. The van der Waals surface area contributed by atoms with Crippen molar-refractivity contribution in [2.24, 2.45) is 5.92 Å². The van der Waals surface area contributed by atoms with Gasteiger partial charge in [-0.15, -0.1) is 0 Å². The zero-order chi connectivity index (χ0) is 15.5. The van der Waals surface area contributed by atoms with Crippen LogP contribution in [-0.4, -0.2) is 38.8 Å². The van der Waals surface area contributed by atoms with E-state index in [4.69, 9.17) is 0 Å². The van der Waals surface area contributed by atoms with Gasteiger partial charge in [0.2, 0.25) is 5.91 Å². The van der Waals surface area contributed by atoms with Gasteiger partial charge in [0.05, 0.1) is 10.6 Å². The van der Waals surface area contributed by atoms with E-state index in [1.165, 1.54) is 18.2 Å². The minimum Gasteiger partial charge on any atom is -0.506 e. The highest BCUT2D eigenvalue weighted by molar-refractivity contribution is 7.90. The fourth-order valence-corrected chi connectivity index (χ4v) is 3.04. The van der Waals surface area contributed by atoms with Crippen molar-refractivity contribution in [1.82, 2.24) is 5.32 Å². The van der Waals surface area contributed by atoms with Crippen molar-refractivity contribution in [3.63, 3.8) is 0 Å². The number of rotatable bonds is 4. The van der Waals surface area contributed by atoms with Crippen molar-refractivity contribution in [1.29, 1.82) is 0 Å². The third kappa shape index (κ3) is 4.44. The number of hydrogen-bond donors (Lipinski definition) is 3.